The monoisotopic (exact) mass is 293 g/mol. The van der Waals surface area contributed by atoms with Crippen molar-refractivity contribution >= 4 is 27.8 Å². The fourth-order valence-corrected chi connectivity index (χ4v) is 4.02. The first-order chi connectivity index (χ1) is 9.22. The second-order valence-corrected chi connectivity index (χ2v) is 7.28. The van der Waals surface area contributed by atoms with E-state index < -0.39 is 0 Å². The van der Waals surface area contributed by atoms with Crippen molar-refractivity contribution in [1.82, 2.24) is 10.3 Å². The van der Waals surface area contributed by atoms with E-state index in [9.17, 15) is 0 Å². The highest BCUT2D eigenvalue weighted by Gasteiger charge is 2.19. The minimum Gasteiger partial charge on any atom is -0.343 e. The molecule has 2 aromatic rings. The molecular weight excluding hydrogens is 274 g/mol. The summed E-state index contributed by atoms with van der Waals surface area (Å²) < 4.78 is 0. The summed E-state index contributed by atoms with van der Waals surface area (Å²) >= 11 is 3.70. The van der Waals surface area contributed by atoms with E-state index in [1.54, 1.807) is 4.88 Å². The first-order valence-corrected chi connectivity index (χ1v) is 8.40. The highest BCUT2D eigenvalue weighted by atomic mass is 32.1. The zero-order chi connectivity index (χ0) is 13.2. The first kappa shape index (κ1) is 13.1. The van der Waals surface area contributed by atoms with Gasteiger partial charge in [0.15, 0.2) is 5.13 Å². The molecular formula is C14H19N3S2. The van der Waals surface area contributed by atoms with Gasteiger partial charge in [0.2, 0.25) is 0 Å². The SMILES string of the molecule is CC(C)NCc1cnc(N2CCc3sccc3C2)s1. The molecule has 0 bridgehead atoms. The highest BCUT2D eigenvalue weighted by molar-refractivity contribution is 7.15. The van der Waals surface area contributed by atoms with E-state index in [1.807, 2.05) is 28.9 Å². The molecule has 0 atom stereocenters. The number of hydrogen-bond donors (Lipinski definition) is 1. The summed E-state index contributed by atoms with van der Waals surface area (Å²) in [6, 6.07) is 2.77. The number of thiophene rings is 1. The molecule has 5 heteroatoms. The maximum Gasteiger partial charge on any atom is 0.185 e. The second-order valence-electron chi connectivity index (χ2n) is 5.19. The van der Waals surface area contributed by atoms with Crippen LogP contribution in [0.1, 0.15) is 29.2 Å². The maximum atomic E-state index is 4.58. The maximum absolute atomic E-state index is 4.58. The lowest BCUT2D eigenvalue weighted by Crippen LogP contribution is -2.29. The summed E-state index contributed by atoms with van der Waals surface area (Å²) in [6.07, 6.45) is 3.17. The van der Waals surface area contributed by atoms with Crippen molar-refractivity contribution in [2.75, 3.05) is 11.4 Å². The van der Waals surface area contributed by atoms with Crippen LogP contribution in [0.4, 0.5) is 5.13 Å². The molecule has 0 amide bonds. The number of hydrogen-bond acceptors (Lipinski definition) is 5. The Labute approximate surface area is 122 Å². The van der Waals surface area contributed by atoms with Gasteiger partial charge in [0.05, 0.1) is 0 Å². The van der Waals surface area contributed by atoms with Gasteiger partial charge in [-0.05, 0) is 23.4 Å². The van der Waals surface area contributed by atoms with Crippen LogP contribution in [0.2, 0.25) is 0 Å². The molecule has 1 aliphatic rings. The van der Waals surface area contributed by atoms with Crippen LogP contribution in [-0.4, -0.2) is 17.6 Å². The average Bonchev–Trinajstić information content (AvgIpc) is 3.04. The van der Waals surface area contributed by atoms with Crippen molar-refractivity contribution < 1.29 is 0 Å². The lowest BCUT2D eigenvalue weighted by molar-refractivity contribution is 0.593. The molecule has 0 aliphatic carbocycles. The van der Waals surface area contributed by atoms with Crippen LogP contribution in [0.5, 0.6) is 0 Å². The average molecular weight is 293 g/mol. The molecule has 102 valence electrons. The summed E-state index contributed by atoms with van der Waals surface area (Å²) in [6.45, 7) is 7.38. The van der Waals surface area contributed by atoms with E-state index in [-0.39, 0.29) is 0 Å². The predicted molar refractivity (Wildman–Crippen MR) is 83.2 cm³/mol. The van der Waals surface area contributed by atoms with E-state index in [1.165, 1.54) is 10.4 Å². The fourth-order valence-electron chi connectivity index (χ4n) is 2.24. The van der Waals surface area contributed by atoms with Gasteiger partial charge in [0.25, 0.3) is 0 Å². The Kier molecular flexibility index (Phi) is 3.86. The van der Waals surface area contributed by atoms with Gasteiger partial charge in [-0.2, -0.15) is 0 Å². The third-order valence-corrected chi connectivity index (χ3v) is 5.39. The quantitative estimate of drug-likeness (QED) is 0.938. The second kappa shape index (κ2) is 5.61. The molecule has 0 aromatic carbocycles. The van der Waals surface area contributed by atoms with Gasteiger partial charge < -0.3 is 10.2 Å². The van der Waals surface area contributed by atoms with E-state index in [2.05, 4.69) is 40.5 Å². The number of rotatable bonds is 4. The normalized spacial score (nSPS) is 15.0. The molecule has 0 saturated carbocycles. The molecule has 0 radical (unpaired) electrons. The Morgan fingerprint density at radius 1 is 1.47 bits per heavy atom. The lowest BCUT2D eigenvalue weighted by atomic mass is 10.1. The largest absolute Gasteiger partial charge is 0.343 e. The molecule has 1 N–H and O–H groups in total. The van der Waals surface area contributed by atoms with Gasteiger partial charge in [0.1, 0.15) is 0 Å². The number of nitrogens with zero attached hydrogens (tertiary/aromatic N) is 2. The van der Waals surface area contributed by atoms with Crippen LogP contribution in [0.25, 0.3) is 0 Å². The van der Waals surface area contributed by atoms with Crippen molar-refractivity contribution in [3.05, 3.63) is 33.0 Å². The topological polar surface area (TPSA) is 28.2 Å². The molecule has 0 fully saturated rings. The van der Waals surface area contributed by atoms with Crippen molar-refractivity contribution in [3.63, 3.8) is 0 Å². The van der Waals surface area contributed by atoms with Gasteiger partial charge in [-0.3, -0.25) is 0 Å². The Hall–Kier alpha value is -0.910. The number of nitrogens with one attached hydrogen (secondary N) is 1. The van der Waals surface area contributed by atoms with Crippen molar-refractivity contribution in [1.29, 1.82) is 0 Å². The predicted octanol–water partition coefficient (Wildman–Crippen LogP) is 3.27. The molecule has 3 nitrogen and oxygen atoms in total. The smallest absolute Gasteiger partial charge is 0.185 e. The van der Waals surface area contributed by atoms with E-state index in [0.29, 0.717) is 6.04 Å². The molecule has 1 aliphatic heterocycles. The summed E-state index contributed by atoms with van der Waals surface area (Å²) in [4.78, 5) is 9.85. The Morgan fingerprint density at radius 2 is 2.37 bits per heavy atom. The number of aromatic nitrogens is 1. The minimum absolute atomic E-state index is 0.522. The number of thiazole rings is 1. The Morgan fingerprint density at radius 3 is 3.21 bits per heavy atom. The standard InChI is InChI=1S/C14H19N3S2/c1-10(2)15-7-12-8-16-14(19-12)17-5-3-13-11(9-17)4-6-18-13/h4,6,8,10,15H,3,5,7,9H2,1-2H3. The third kappa shape index (κ3) is 2.99. The van der Waals surface area contributed by atoms with Crippen molar-refractivity contribution in [2.24, 2.45) is 0 Å². The van der Waals surface area contributed by atoms with Crippen LogP contribution in [-0.2, 0) is 19.5 Å². The van der Waals surface area contributed by atoms with Crippen molar-refractivity contribution in [3.8, 4) is 0 Å². The molecule has 2 aromatic heterocycles. The molecule has 0 unspecified atom stereocenters. The van der Waals surface area contributed by atoms with Gasteiger partial charge in [-0.1, -0.05) is 13.8 Å². The number of fused-ring (bicyclic) bond motifs is 1. The zero-order valence-corrected chi connectivity index (χ0v) is 13.0. The number of anilines is 1. The summed E-state index contributed by atoms with van der Waals surface area (Å²) in [5.74, 6) is 0. The van der Waals surface area contributed by atoms with Gasteiger partial charge >= 0.3 is 0 Å². The zero-order valence-electron chi connectivity index (χ0n) is 11.3. The highest BCUT2D eigenvalue weighted by Crippen LogP contribution is 2.30. The van der Waals surface area contributed by atoms with Crippen LogP contribution in [0, 0.1) is 0 Å². The van der Waals surface area contributed by atoms with Crippen LogP contribution in [0.3, 0.4) is 0 Å². The summed E-state index contributed by atoms with van der Waals surface area (Å²) in [5.41, 5.74) is 1.48. The van der Waals surface area contributed by atoms with Gasteiger partial charge in [-0.25, -0.2) is 4.98 Å². The molecule has 3 heterocycles. The van der Waals surface area contributed by atoms with Crippen LogP contribution in [0.15, 0.2) is 17.6 Å². The Bertz CT molecular complexity index is 544. The molecule has 0 spiro atoms. The van der Waals surface area contributed by atoms with Crippen molar-refractivity contribution in [2.45, 2.75) is 39.4 Å². The van der Waals surface area contributed by atoms with Gasteiger partial charge in [-0.15, -0.1) is 22.7 Å². The fraction of sp³-hybridized carbons (Fsp3) is 0.500. The Balaban J connectivity index is 1.67. The van der Waals surface area contributed by atoms with E-state index in [0.717, 1.165) is 31.2 Å². The van der Waals surface area contributed by atoms with Crippen LogP contribution < -0.4 is 10.2 Å². The van der Waals surface area contributed by atoms with Crippen LogP contribution >= 0.6 is 22.7 Å². The van der Waals surface area contributed by atoms with Gasteiger partial charge in [0, 0.05) is 41.6 Å². The van der Waals surface area contributed by atoms with E-state index >= 15 is 0 Å². The lowest BCUT2D eigenvalue weighted by Gasteiger charge is -2.26. The third-order valence-electron chi connectivity index (χ3n) is 3.30. The molecule has 19 heavy (non-hydrogen) atoms. The molecule has 3 rings (SSSR count). The first-order valence-electron chi connectivity index (χ1n) is 6.70. The van der Waals surface area contributed by atoms with E-state index in [4.69, 9.17) is 0 Å². The summed E-state index contributed by atoms with van der Waals surface area (Å²) in [5, 5.41) is 6.81. The minimum atomic E-state index is 0.522. The molecule has 0 saturated heterocycles. The summed E-state index contributed by atoms with van der Waals surface area (Å²) in [7, 11) is 0.